The molecule has 0 aliphatic heterocycles. The second kappa shape index (κ2) is 6.57. The van der Waals surface area contributed by atoms with E-state index in [-0.39, 0.29) is 6.04 Å². The van der Waals surface area contributed by atoms with Gasteiger partial charge in [-0.2, -0.15) is 0 Å². The lowest BCUT2D eigenvalue weighted by molar-refractivity contribution is 0.734. The number of benzene rings is 1. The van der Waals surface area contributed by atoms with Gasteiger partial charge in [0.2, 0.25) is 0 Å². The fraction of sp³-hybridized carbons (Fsp3) is 0.400. The zero-order chi connectivity index (χ0) is 14.7. The second-order valence-corrected chi connectivity index (χ2v) is 6.49. The molecule has 1 aromatic heterocycles. The minimum atomic E-state index is 0.116. The molecule has 0 radical (unpaired) electrons. The van der Waals surface area contributed by atoms with Crippen LogP contribution in [-0.4, -0.2) is 18.1 Å². The molecule has 1 unspecified atom stereocenters. The average molecular weight is 310 g/mol. The normalized spacial score (nSPS) is 12.4. The van der Waals surface area contributed by atoms with Crippen molar-refractivity contribution < 1.29 is 0 Å². The number of hydrogen-bond acceptors (Lipinski definition) is 4. The zero-order valence-electron chi connectivity index (χ0n) is 12.1. The van der Waals surface area contributed by atoms with Crippen molar-refractivity contribution in [2.45, 2.75) is 32.9 Å². The summed E-state index contributed by atoms with van der Waals surface area (Å²) < 4.78 is 0. The van der Waals surface area contributed by atoms with Gasteiger partial charge in [0.15, 0.2) is 0 Å². The summed E-state index contributed by atoms with van der Waals surface area (Å²) in [5.74, 6) is 0. The highest BCUT2D eigenvalue weighted by atomic mass is 35.5. The molecule has 2 aromatic rings. The molecule has 0 amide bonds. The molecule has 1 aromatic carbocycles. The summed E-state index contributed by atoms with van der Waals surface area (Å²) in [7, 11) is 2.06. The van der Waals surface area contributed by atoms with E-state index >= 15 is 0 Å². The Labute approximate surface area is 129 Å². The lowest BCUT2D eigenvalue weighted by atomic mass is 10.0. The van der Waals surface area contributed by atoms with Gasteiger partial charge < -0.3 is 10.6 Å². The Morgan fingerprint density at radius 1 is 1.45 bits per heavy atom. The number of nitrogens with zero attached hydrogens (tertiary/aromatic N) is 2. The molecule has 0 spiro atoms. The third-order valence-electron chi connectivity index (χ3n) is 3.22. The van der Waals surface area contributed by atoms with Gasteiger partial charge in [0, 0.05) is 18.0 Å². The maximum absolute atomic E-state index is 6.39. The van der Waals surface area contributed by atoms with E-state index < -0.39 is 0 Å². The van der Waals surface area contributed by atoms with Gasteiger partial charge in [-0.05, 0) is 31.9 Å². The molecule has 2 rings (SSSR count). The molecule has 5 heteroatoms. The molecular formula is C15H20ClN3S. The first-order chi connectivity index (χ1) is 9.49. The van der Waals surface area contributed by atoms with Crippen LogP contribution in [0, 0.1) is 6.92 Å². The van der Waals surface area contributed by atoms with Crippen molar-refractivity contribution in [3.8, 4) is 0 Å². The van der Waals surface area contributed by atoms with Crippen LogP contribution in [0.4, 0.5) is 5.69 Å². The summed E-state index contributed by atoms with van der Waals surface area (Å²) >= 11 is 8.07. The zero-order valence-corrected chi connectivity index (χ0v) is 13.6. The molecule has 1 atom stereocenters. The fourth-order valence-corrected chi connectivity index (χ4v) is 3.44. The summed E-state index contributed by atoms with van der Waals surface area (Å²) in [6.45, 7) is 4.86. The number of thiazole rings is 1. The van der Waals surface area contributed by atoms with E-state index in [2.05, 4.69) is 23.0 Å². The van der Waals surface area contributed by atoms with Crippen molar-refractivity contribution in [1.29, 1.82) is 0 Å². The quantitative estimate of drug-likeness (QED) is 0.917. The largest absolute Gasteiger partial charge is 0.368 e. The number of aryl methyl sites for hydroxylation is 1. The number of para-hydroxylation sites is 1. The molecular weight excluding hydrogens is 290 g/mol. The highest BCUT2D eigenvalue weighted by Gasteiger charge is 2.14. The summed E-state index contributed by atoms with van der Waals surface area (Å²) in [6, 6.07) is 6.12. The molecule has 20 heavy (non-hydrogen) atoms. The van der Waals surface area contributed by atoms with Gasteiger partial charge in [-0.15, -0.1) is 11.3 Å². The van der Waals surface area contributed by atoms with Gasteiger partial charge in [-0.3, -0.25) is 0 Å². The van der Waals surface area contributed by atoms with Crippen molar-refractivity contribution >= 4 is 28.6 Å². The van der Waals surface area contributed by atoms with Gasteiger partial charge >= 0.3 is 0 Å². The van der Waals surface area contributed by atoms with Crippen molar-refractivity contribution in [3.05, 3.63) is 44.9 Å². The van der Waals surface area contributed by atoms with E-state index in [1.165, 1.54) is 10.4 Å². The van der Waals surface area contributed by atoms with Crippen molar-refractivity contribution in [1.82, 2.24) is 4.98 Å². The minimum Gasteiger partial charge on any atom is -0.368 e. The van der Waals surface area contributed by atoms with Crippen LogP contribution >= 0.6 is 22.9 Å². The molecule has 0 aliphatic rings. The highest BCUT2D eigenvalue weighted by Crippen LogP contribution is 2.31. The van der Waals surface area contributed by atoms with Crippen LogP contribution in [0.5, 0.6) is 0 Å². The number of rotatable bonds is 5. The van der Waals surface area contributed by atoms with Crippen LogP contribution in [0.15, 0.2) is 23.7 Å². The first kappa shape index (κ1) is 15.3. The standard InChI is InChI=1S/C15H20ClN3S/c1-10(17)7-12-5-4-6-13(16)15(12)19(3)8-14-11(2)18-9-20-14/h4-6,9-10H,7-8,17H2,1-3H3. The van der Waals surface area contributed by atoms with Crippen molar-refractivity contribution in [3.63, 3.8) is 0 Å². The lowest BCUT2D eigenvalue weighted by Gasteiger charge is -2.24. The van der Waals surface area contributed by atoms with Crippen LogP contribution in [0.3, 0.4) is 0 Å². The molecule has 0 fully saturated rings. The van der Waals surface area contributed by atoms with Gasteiger partial charge in [0.05, 0.1) is 28.5 Å². The maximum Gasteiger partial charge on any atom is 0.0798 e. The van der Waals surface area contributed by atoms with Gasteiger partial charge in [-0.1, -0.05) is 23.7 Å². The van der Waals surface area contributed by atoms with E-state index in [0.29, 0.717) is 0 Å². The SMILES string of the molecule is Cc1ncsc1CN(C)c1c(Cl)cccc1CC(C)N. The monoisotopic (exact) mass is 309 g/mol. The summed E-state index contributed by atoms with van der Waals surface area (Å²) in [5.41, 5.74) is 11.2. The molecule has 2 N–H and O–H groups in total. The van der Waals surface area contributed by atoms with Gasteiger partial charge in [0.25, 0.3) is 0 Å². The van der Waals surface area contributed by atoms with Crippen LogP contribution in [0.2, 0.25) is 5.02 Å². The number of halogens is 1. The Morgan fingerprint density at radius 2 is 2.20 bits per heavy atom. The topological polar surface area (TPSA) is 42.2 Å². The average Bonchev–Trinajstić information content (AvgIpc) is 2.74. The molecule has 3 nitrogen and oxygen atoms in total. The molecule has 1 heterocycles. The smallest absolute Gasteiger partial charge is 0.0798 e. The Balaban J connectivity index is 2.28. The molecule has 108 valence electrons. The van der Waals surface area contributed by atoms with Crippen molar-refractivity contribution in [2.24, 2.45) is 5.73 Å². The predicted molar refractivity (Wildman–Crippen MR) is 87.8 cm³/mol. The third-order valence-corrected chi connectivity index (χ3v) is 4.44. The van der Waals surface area contributed by atoms with E-state index in [1.807, 2.05) is 31.5 Å². The predicted octanol–water partition coefficient (Wildman–Crippen LogP) is 3.63. The summed E-state index contributed by atoms with van der Waals surface area (Å²) in [6.07, 6.45) is 0.821. The van der Waals surface area contributed by atoms with Crippen molar-refractivity contribution in [2.75, 3.05) is 11.9 Å². The Hall–Kier alpha value is -1.10. The number of anilines is 1. The first-order valence-electron chi connectivity index (χ1n) is 6.62. The Bertz CT molecular complexity index is 580. The van der Waals surface area contributed by atoms with Gasteiger partial charge in [0.1, 0.15) is 0 Å². The molecule has 0 saturated heterocycles. The fourth-order valence-electron chi connectivity index (χ4n) is 2.27. The van der Waals surface area contributed by atoms with E-state index in [0.717, 1.165) is 29.4 Å². The van der Waals surface area contributed by atoms with Gasteiger partial charge in [-0.25, -0.2) is 4.98 Å². The van der Waals surface area contributed by atoms with E-state index in [9.17, 15) is 0 Å². The van der Waals surface area contributed by atoms with E-state index in [4.69, 9.17) is 17.3 Å². The van der Waals surface area contributed by atoms with Crippen LogP contribution in [-0.2, 0) is 13.0 Å². The van der Waals surface area contributed by atoms with Crippen LogP contribution in [0.1, 0.15) is 23.1 Å². The summed E-state index contributed by atoms with van der Waals surface area (Å²) in [4.78, 5) is 7.74. The number of aromatic nitrogens is 1. The minimum absolute atomic E-state index is 0.116. The molecule has 0 bridgehead atoms. The second-order valence-electron chi connectivity index (χ2n) is 5.15. The Morgan fingerprint density at radius 3 is 2.80 bits per heavy atom. The summed E-state index contributed by atoms with van der Waals surface area (Å²) in [5, 5.41) is 0.771. The lowest BCUT2D eigenvalue weighted by Crippen LogP contribution is -2.22. The third kappa shape index (κ3) is 3.51. The first-order valence-corrected chi connectivity index (χ1v) is 7.88. The number of nitrogens with two attached hydrogens (primary N) is 1. The molecule has 0 aliphatic carbocycles. The van der Waals surface area contributed by atoms with E-state index in [1.54, 1.807) is 11.3 Å². The number of hydrogen-bond donors (Lipinski definition) is 1. The Kier molecular flexibility index (Phi) is 5.02. The highest BCUT2D eigenvalue weighted by molar-refractivity contribution is 7.09. The van der Waals surface area contributed by atoms with Crippen LogP contribution < -0.4 is 10.6 Å². The molecule has 0 saturated carbocycles. The maximum atomic E-state index is 6.39. The van der Waals surface area contributed by atoms with Crippen LogP contribution in [0.25, 0.3) is 0 Å².